The SMILES string of the molecule is N#C/C(=C/c1c(N2CCC3(CC2)OCCO3)nc2ccccn2c1=O)S(=O)(=O)c1ccccc1. The first-order valence-electron chi connectivity index (χ1n) is 10.9. The van der Waals surface area contributed by atoms with Gasteiger partial charge in [0.25, 0.3) is 5.56 Å². The van der Waals surface area contributed by atoms with E-state index in [-0.39, 0.29) is 10.5 Å². The Morgan fingerprint density at radius 3 is 2.41 bits per heavy atom. The number of aromatic nitrogens is 2. The molecule has 1 aromatic carbocycles. The molecule has 0 aliphatic carbocycles. The van der Waals surface area contributed by atoms with Gasteiger partial charge in [-0.05, 0) is 30.3 Å². The van der Waals surface area contributed by atoms with Crippen molar-refractivity contribution >= 4 is 27.4 Å². The summed E-state index contributed by atoms with van der Waals surface area (Å²) in [4.78, 5) is 19.5. The van der Waals surface area contributed by atoms with Crippen molar-refractivity contribution in [3.63, 3.8) is 0 Å². The first-order chi connectivity index (χ1) is 16.4. The molecular formula is C24H22N4O5S. The lowest BCUT2D eigenvalue weighted by molar-refractivity contribution is -0.169. The van der Waals surface area contributed by atoms with E-state index in [0.29, 0.717) is 50.6 Å². The molecule has 9 nitrogen and oxygen atoms in total. The molecule has 174 valence electrons. The van der Waals surface area contributed by atoms with Crippen LogP contribution in [0.5, 0.6) is 0 Å². The van der Waals surface area contributed by atoms with E-state index < -0.39 is 26.1 Å². The number of fused-ring (bicyclic) bond motifs is 1. The third-order valence-corrected chi connectivity index (χ3v) is 7.80. The number of benzene rings is 1. The van der Waals surface area contributed by atoms with E-state index in [2.05, 4.69) is 4.98 Å². The van der Waals surface area contributed by atoms with Gasteiger partial charge in [-0.3, -0.25) is 9.20 Å². The average molecular weight is 479 g/mol. The molecule has 0 atom stereocenters. The molecule has 2 fully saturated rings. The summed E-state index contributed by atoms with van der Waals surface area (Å²) >= 11 is 0. The standard InChI is InChI=1S/C24H22N4O5S/c25-17-19(34(30,31)18-6-2-1-3-7-18)16-20-22(26-21-8-4-5-11-28(21)23(20)29)27-12-9-24(10-13-27)32-14-15-33-24/h1-8,11,16H,9-10,12-15H2/b19-16-. The molecule has 2 aliphatic heterocycles. The Morgan fingerprint density at radius 1 is 1.06 bits per heavy atom. The monoisotopic (exact) mass is 478 g/mol. The fraction of sp³-hybridized carbons (Fsp3) is 0.292. The van der Waals surface area contributed by atoms with E-state index >= 15 is 0 Å². The summed E-state index contributed by atoms with van der Waals surface area (Å²) < 4.78 is 39.2. The number of sulfone groups is 1. The van der Waals surface area contributed by atoms with Gasteiger partial charge < -0.3 is 14.4 Å². The van der Waals surface area contributed by atoms with Crippen LogP contribution in [0.3, 0.4) is 0 Å². The molecule has 0 amide bonds. The van der Waals surface area contributed by atoms with Gasteiger partial charge in [0, 0.05) is 32.1 Å². The molecule has 0 N–H and O–H groups in total. The van der Waals surface area contributed by atoms with E-state index in [0.717, 1.165) is 6.08 Å². The number of piperidine rings is 1. The summed E-state index contributed by atoms with van der Waals surface area (Å²) in [6, 6.07) is 14.6. The number of allylic oxidation sites excluding steroid dienone is 1. The third kappa shape index (κ3) is 3.88. The first-order valence-corrected chi connectivity index (χ1v) is 12.4. The summed E-state index contributed by atoms with van der Waals surface area (Å²) in [6.45, 7) is 2.10. The number of hydrogen-bond donors (Lipinski definition) is 0. The number of nitriles is 1. The third-order valence-electron chi connectivity index (χ3n) is 6.12. The molecule has 0 saturated carbocycles. The fourth-order valence-corrected chi connectivity index (χ4v) is 5.49. The Bertz CT molecular complexity index is 1460. The highest BCUT2D eigenvalue weighted by Gasteiger charge is 2.40. The highest BCUT2D eigenvalue weighted by atomic mass is 32.2. The number of anilines is 1. The Balaban J connectivity index is 1.63. The lowest BCUT2D eigenvalue weighted by Crippen LogP contribution is -2.46. The molecule has 0 unspecified atom stereocenters. The Morgan fingerprint density at radius 2 is 1.74 bits per heavy atom. The number of rotatable bonds is 4. The Labute approximate surface area is 196 Å². The molecule has 1 spiro atoms. The smallest absolute Gasteiger partial charge is 0.267 e. The van der Waals surface area contributed by atoms with Crippen LogP contribution < -0.4 is 10.5 Å². The summed E-state index contributed by atoms with van der Waals surface area (Å²) in [5.74, 6) is -0.285. The second kappa shape index (κ2) is 8.68. The van der Waals surface area contributed by atoms with Crippen LogP contribution in [-0.4, -0.2) is 49.9 Å². The van der Waals surface area contributed by atoms with E-state index in [1.54, 1.807) is 48.7 Å². The van der Waals surface area contributed by atoms with Crippen LogP contribution in [0, 0.1) is 11.3 Å². The van der Waals surface area contributed by atoms with Gasteiger partial charge in [-0.15, -0.1) is 0 Å². The zero-order chi connectivity index (χ0) is 23.8. The predicted octanol–water partition coefficient (Wildman–Crippen LogP) is 2.38. The van der Waals surface area contributed by atoms with Crippen molar-refractivity contribution < 1.29 is 17.9 Å². The fourth-order valence-electron chi connectivity index (χ4n) is 4.33. The molecule has 0 radical (unpaired) electrons. The molecule has 2 saturated heterocycles. The van der Waals surface area contributed by atoms with Gasteiger partial charge in [-0.2, -0.15) is 5.26 Å². The van der Waals surface area contributed by atoms with Gasteiger partial charge in [-0.25, -0.2) is 13.4 Å². The van der Waals surface area contributed by atoms with Crippen molar-refractivity contribution in [1.29, 1.82) is 5.26 Å². The molecule has 10 heteroatoms. The zero-order valence-corrected chi connectivity index (χ0v) is 19.1. The normalized spacial score (nSPS) is 18.3. The number of pyridine rings is 1. The summed E-state index contributed by atoms with van der Waals surface area (Å²) in [5, 5.41) is 9.76. The van der Waals surface area contributed by atoms with Crippen LogP contribution in [-0.2, 0) is 19.3 Å². The number of ether oxygens (including phenoxy) is 2. The van der Waals surface area contributed by atoms with Gasteiger partial charge >= 0.3 is 0 Å². The van der Waals surface area contributed by atoms with E-state index in [1.165, 1.54) is 16.5 Å². The van der Waals surface area contributed by atoms with Crippen LogP contribution in [0.2, 0.25) is 0 Å². The van der Waals surface area contributed by atoms with Crippen molar-refractivity contribution in [3.05, 3.63) is 75.6 Å². The minimum absolute atomic E-state index is 0.0198. The van der Waals surface area contributed by atoms with Crippen molar-refractivity contribution in [2.45, 2.75) is 23.5 Å². The minimum atomic E-state index is -4.12. The predicted molar refractivity (Wildman–Crippen MR) is 125 cm³/mol. The van der Waals surface area contributed by atoms with Gasteiger partial charge in [0.15, 0.2) is 5.79 Å². The lowest BCUT2D eigenvalue weighted by Gasteiger charge is -2.38. The van der Waals surface area contributed by atoms with E-state index in [9.17, 15) is 18.5 Å². The molecule has 3 aromatic rings. The Kier molecular flexibility index (Phi) is 5.69. The first kappa shape index (κ1) is 22.3. The van der Waals surface area contributed by atoms with Gasteiger partial charge in [0.2, 0.25) is 9.84 Å². The van der Waals surface area contributed by atoms with Gasteiger partial charge in [0.05, 0.1) is 23.7 Å². The molecule has 2 aliphatic rings. The van der Waals surface area contributed by atoms with Crippen molar-refractivity contribution in [2.24, 2.45) is 0 Å². The van der Waals surface area contributed by atoms with E-state index in [1.807, 2.05) is 4.90 Å². The van der Waals surface area contributed by atoms with E-state index in [4.69, 9.17) is 9.47 Å². The van der Waals surface area contributed by atoms with Crippen molar-refractivity contribution in [2.75, 3.05) is 31.2 Å². The van der Waals surface area contributed by atoms with Gasteiger partial charge in [-0.1, -0.05) is 24.3 Å². The molecule has 2 aromatic heterocycles. The maximum absolute atomic E-state index is 13.5. The number of hydrogen-bond acceptors (Lipinski definition) is 8. The Hall–Kier alpha value is -3.52. The summed E-state index contributed by atoms with van der Waals surface area (Å²) in [6.07, 6.45) is 3.87. The molecular weight excluding hydrogens is 456 g/mol. The van der Waals surface area contributed by atoms with Crippen molar-refractivity contribution in [3.8, 4) is 6.07 Å². The lowest BCUT2D eigenvalue weighted by atomic mass is 10.0. The average Bonchev–Trinajstić information content (AvgIpc) is 3.32. The second-order valence-corrected chi connectivity index (χ2v) is 10.0. The maximum Gasteiger partial charge on any atom is 0.267 e. The topological polar surface area (TPSA) is 114 Å². The quantitative estimate of drug-likeness (QED) is 0.525. The molecule has 4 heterocycles. The largest absolute Gasteiger partial charge is 0.355 e. The van der Waals surface area contributed by atoms with Crippen LogP contribution in [0.25, 0.3) is 11.7 Å². The maximum atomic E-state index is 13.5. The van der Waals surface area contributed by atoms with Crippen LogP contribution in [0.15, 0.2) is 69.3 Å². The number of nitrogens with zero attached hydrogens (tertiary/aromatic N) is 4. The van der Waals surface area contributed by atoms with Crippen LogP contribution >= 0.6 is 0 Å². The minimum Gasteiger partial charge on any atom is -0.355 e. The summed E-state index contributed by atoms with van der Waals surface area (Å²) in [5.41, 5.74) is 0.0203. The van der Waals surface area contributed by atoms with Crippen molar-refractivity contribution in [1.82, 2.24) is 9.38 Å². The molecule has 5 rings (SSSR count). The molecule has 34 heavy (non-hydrogen) atoms. The van der Waals surface area contributed by atoms with Crippen LogP contribution in [0.4, 0.5) is 5.82 Å². The second-order valence-electron chi connectivity index (χ2n) is 8.11. The van der Waals surface area contributed by atoms with Gasteiger partial charge in [0.1, 0.15) is 22.4 Å². The molecule has 0 bridgehead atoms. The zero-order valence-electron chi connectivity index (χ0n) is 18.3. The van der Waals surface area contributed by atoms with Crippen LogP contribution in [0.1, 0.15) is 18.4 Å². The highest BCUT2D eigenvalue weighted by molar-refractivity contribution is 7.95. The highest BCUT2D eigenvalue weighted by Crippen LogP contribution is 2.34. The summed E-state index contributed by atoms with van der Waals surface area (Å²) in [7, 11) is -4.12.